The van der Waals surface area contributed by atoms with Gasteiger partial charge >= 0.3 is 0 Å². The van der Waals surface area contributed by atoms with Gasteiger partial charge in [-0.05, 0) is 42.0 Å². The predicted molar refractivity (Wildman–Crippen MR) is 77.9 cm³/mol. The van der Waals surface area contributed by atoms with Crippen molar-refractivity contribution in [2.75, 3.05) is 5.32 Å². The molecule has 2 aromatic rings. The van der Waals surface area contributed by atoms with E-state index in [1.54, 1.807) is 12.1 Å². The monoisotopic (exact) mass is 304 g/mol. The molecule has 6 heteroatoms. The summed E-state index contributed by atoms with van der Waals surface area (Å²) in [5.41, 5.74) is 1.14. The van der Waals surface area contributed by atoms with E-state index >= 15 is 0 Å². The lowest BCUT2D eigenvalue weighted by atomic mass is 10.2. The van der Waals surface area contributed by atoms with Crippen molar-refractivity contribution in [2.24, 2.45) is 0 Å². The highest BCUT2D eigenvalue weighted by atomic mass is 19.1. The van der Waals surface area contributed by atoms with Crippen LogP contribution < -0.4 is 10.6 Å². The molecule has 114 valence electrons. The van der Waals surface area contributed by atoms with Gasteiger partial charge in [0.05, 0.1) is 0 Å². The van der Waals surface area contributed by atoms with Gasteiger partial charge in [0.15, 0.2) is 0 Å². The van der Waals surface area contributed by atoms with Gasteiger partial charge in [-0.15, -0.1) is 0 Å². The fourth-order valence-corrected chi connectivity index (χ4v) is 1.75. The van der Waals surface area contributed by atoms with E-state index in [-0.39, 0.29) is 18.8 Å². The highest BCUT2D eigenvalue weighted by Gasteiger charge is 2.09. The Labute approximate surface area is 126 Å². The molecule has 22 heavy (non-hydrogen) atoms. The number of halogens is 2. The molecular weight excluding hydrogens is 290 g/mol. The van der Waals surface area contributed by atoms with Crippen molar-refractivity contribution in [3.8, 4) is 0 Å². The van der Waals surface area contributed by atoms with E-state index in [1.165, 1.54) is 36.4 Å². The van der Waals surface area contributed by atoms with Crippen LogP contribution in [0.5, 0.6) is 0 Å². The molecule has 0 aliphatic heterocycles. The first kappa shape index (κ1) is 15.6. The maximum Gasteiger partial charge on any atom is 0.233 e. The molecule has 0 aliphatic rings. The molecule has 0 saturated heterocycles. The number of anilines is 1. The summed E-state index contributed by atoms with van der Waals surface area (Å²) < 4.78 is 25.4. The van der Waals surface area contributed by atoms with Crippen LogP contribution in [0.2, 0.25) is 0 Å². The molecule has 2 aromatic carbocycles. The van der Waals surface area contributed by atoms with Gasteiger partial charge in [0, 0.05) is 12.2 Å². The smallest absolute Gasteiger partial charge is 0.233 e. The Morgan fingerprint density at radius 3 is 1.95 bits per heavy atom. The number of carbonyl (C=O) groups is 2. The fourth-order valence-electron chi connectivity index (χ4n) is 1.75. The van der Waals surface area contributed by atoms with Crippen LogP contribution in [0.1, 0.15) is 12.0 Å². The Morgan fingerprint density at radius 1 is 0.818 bits per heavy atom. The Balaban J connectivity index is 1.77. The lowest BCUT2D eigenvalue weighted by Gasteiger charge is -2.07. The molecule has 0 radical (unpaired) electrons. The maximum absolute atomic E-state index is 12.7. The molecule has 0 aromatic heterocycles. The topological polar surface area (TPSA) is 58.2 Å². The van der Waals surface area contributed by atoms with Gasteiger partial charge in [0.25, 0.3) is 0 Å². The Hall–Kier alpha value is -2.76. The van der Waals surface area contributed by atoms with Crippen molar-refractivity contribution in [1.82, 2.24) is 5.32 Å². The molecule has 2 N–H and O–H groups in total. The minimum Gasteiger partial charge on any atom is -0.352 e. The van der Waals surface area contributed by atoms with Crippen molar-refractivity contribution < 1.29 is 18.4 Å². The molecule has 0 aliphatic carbocycles. The van der Waals surface area contributed by atoms with Crippen LogP contribution in [-0.4, -0.2) is 11.8 Å². The lowest BCUT2D eigenvalue weighted by Crippen LogP contribution is -2.27. The van der Waals surface area contributed by atoms with Gasteiger partial charge in [-0.3, -0.25) is 9.59 Å². The van der Waals surface area contributed by atoms with Crippen LogP contribution in [0, 0.1) is 11.6 Å². The largest absolute Gasteiger partial charge is 0.352 e. The molecule has 0 unspecified atom stereocenters. The summed E-state index contributed by atoms with van der Waals surface area (Å²) in [5.74, 6) is -1.71. The molecule has 2 rings (SSSR count). The van der Waals surface area contributed by atoms with Crippen LogP contribution in [0.25, 0.3) is 0 Å². The number of hydrogen-bond acceptors (Lipinski definition) is 2. The molecule has 0 bridgehead atoms. The molecule has 0 fully saturated rings. The Kier molecular flexibility index (Phi) is 5.19. The van der Waals surface area contributed by atoms with Crippen molar-refractivity contribution in [3.63, 3.8) is 0 Å². The zero-order valence-corrected chi connectivity index (χ0v) is 11.6. The quantitative estimate of drug-likeness (QED) is 0.834. The Morgan fingerprint density at radius 2 is 1.36 bits per heavy atom. The minimum absolute atomic E-state index is 0.211. The van der Waals surface area contributed by atoms with Crippen LogP contribution in [-0.2, 0) is 16.1 Å². The van der Waals surface area contributed by atoms with E-state index in [2.05, 4.69) is 10.6 Å². The van der Waals surface area contributed by atoms with E-state index < -0.39 is 17.6 Å². The zero-order valence-electron chi connectivity index (χ0n) is 11.6. The molecule has 2 amide bonds. The number of carbonyl (C=O) groups excluding carboxylic acids is 2. The summed E-state index contributed by atoms with van der Waals surface area (Å²) in [5, 5.41) is 5.05. The normalized spacial score (nSPS) is 10.1. The summed E-state index contributed by atoms with van der Waals surface area (Å²) in [6, 6.07) is 10.9. The first-order chi connectivity index (χ1) is 10.5. The van der Waals surface area contributed by atoms with Gasteiger partial charge < -0.3 is 10.6 Å². The van der Waals surface area contributed by atoms with Gasteiger partial charge in [-0.1, -0.05) is 12.1 Å². The summed E-state index contributed by atoms with van der Waals surface area (Å²) >= 11 is 0. The summed E-state index contributed by atoms with van der Waals surface area (Å²) in [7, 11) is 0. The molecule has 4 nitrogen and oxygen atoms in total. The zero-order chi connectivity index (χ0) is 15.9. The van der Waals surface area contributed by atoms with Crippen molar-refractivity contribution in [2.45, 2.75) is 13.0 Å². The van der Waals surface area contributed by atoms with E-state index in [0.717, 1.165) is 5.56 Å². The second kappa shape index (κ2) is 7.31. The summed E-state index contributed by atoms with van der Waals surface area (Å²) in [6.07, 6.45) is -0.349. The average molecular weight is 304 g/mol. The van der Waals surface area contributed by atoms with Crippen LogP contribution in [0.15, 0.2) is 48.5 Å². The summed E-state index contributed by atoms with van der Waals surface area (Å²) in [4.78, 5) is 23.3. The van der Waals surface area contributed by atoms with Crippen LogP contribution >= 0.6 is 0 Å². The highest BCUT2D eigenvalue weighted by molar-refractivity contribution is 6.03. The number of nitrogens with one attached hydrogen (secondary N) is 2. The minimum atomic E-state index is -0.497. The molecular formula is C16H14F2N2O2. The Bertz CT molecular complexity index is 655. The molecule has 0 saturated carbocycles. The lowest BCUT2D eigenvalue weighted by molar-refractivity contribution is -0.126. The van der Waals surface area contributed by atoms with Crippen molar-refractivity contribution >= 4 is 17.5 Å². The van der Waals surface area contributed by atoms with Gasteiger partial charge in [-0.2, -0.15) is 0 Å². The first-order valence-electron chi connectivity index (χ1n) is 6.59. The highest BCUT2D eigenvalue weighted by Crippen LogP contribution is 2.08. The molecule has 0 heterocycles. The first-order valence-corrected chi connectivity index (χ1v) is 6.59. The standard InChI is InChI=1S/C16H14F2N2O2/c17-12-3-1-11(2-4-12)10-19-15(21)9-16(22)20-14-7-5-13(18)6-8-14/h1-8H,9-10H2,(H,19,21)(H,20,22). The number of hydrogen-bond donors (Lipinski definition) is 2. The second-order valence-corrected chi connectivity index (χ2v) is 4.64. The van der Waals surface area contributed by atoms with Gasteiger partial charge in [-0.25, -0.2) is 8.78 Å². The van der Waals surface area contributed by atoms with Gasteiger partial charge in [0.2, 0.25) is 11.8 Å². The van der Waals surface area contributed by atoms with Crippen molar-refractivity contribution in [1.29, 1.82) is 0 Å². The van der Waals surface area contributed by atoms with E-state index in [4.69, 9.17) is 0 Å². The fraction of sp³-hybridized carbons (Fsp3) is 0.125. The molecule has 0 atom stereocenters. The SMILES string of the molecule is O=C(CC(=O)Nc1ccc(F)cc1)NCc1ccc(F)cc1. The van der Waals surface area contributed by atoms with E-state index in [9.17, 15) is 18.4 Å². The van der Waals surface area contributed by atoms with Gasteiger partial charge in [0.1, 0.15) is 18.1 Å². The number of benzene rings is 2. The summed E-state index contributed by atoms with van der Waals surface area (Å²) in [6.45, 7) is 0.211. The number of amides is 2. The van der Waals surface area contributed by atoms with E-state index in [0.29, 0.717) is 5.69 Å². The van der Waals surface area contributed by atoms with Crippen molar-refractivity contribution in [3.05, 3.63) is 65.7 Å². The third-order valence-electron chi connectivity index (χ3n) is 2.85. The molecule has 0 spiro atoms. The van der Waals surface area contributed by atoms with Crippen LogP contribution in [0.4, 0.5) is 14.5 Å². The average Bonchev–Trinajstić information content (AvgIpc) is 2.49. The predicted octanol–water partition coefficient (Wildman–Crippen LogP) is 2.61. The third kappa shape index (κ3) is 4.97. The number of rotatable bonds is 5. The van der Waals surface area contributed by atoms with Crippen LogP contribution in [0.3, 0.4) is 0 Å². The second-order valence-electron chi connectivity index (χ2n) is 4.64. The maximum atomic E-state index is 12.7. The van der Waals surface area contributed by atoms with E-state index in [1.807, 2.05) is 0 Å². The third-order valence-corrected chi connectivity index (χ3v) is 2.85.